The molecule has 168 valence electrons. The number of carbonyl (C=O) groups excluding carboxylic acids is 1. The fraction of sp³-hybridized carbons (Fsp3) is 0.292. The van der Waals surface area contributed by atoms with Crippen LogP contribution in [-0.4, -0.2) is 45.2 Å². The molecule has 3 unspecified atom stereocenters. The van der Waals surface area contributed by atoms with Crippen molar-refractivity contribution in [3.63, 3.8) is 0 Å². The normalized spacial score (nSPS) is 18.6. The molecule has 1 amide bonds. The topological polar surface area (TPSA) is 92.0 Å². The van der Waals surface area contributed by atoms with Crippen LogP contribution in [0.3, 0.4) is 0 Å². The van der Waals surface area contributed by atoms with Gasteiger partial charge in [-0.2, -0.15) is 15.5 Å². The van der Waals surface area contributed by atoms with E-state index in [9.17, 15) is 4.79 Å². The van der Waals surface area contributed by atoms with E-state index in [1.165, 1.54) is 12.4 Å². The van der Waals surface area contributed by atoms with Crippen LogP contribution in [0.4, 0.5) is 0 Å². The molecule has 7 nitrogen and oxygen atoms in total. The minimum Gasteiger partial charge on any atom is -0.474 e. The summed E-state index contributed by atoms with van der Waals surface area (Å²) in [4.78, 5) is 19.2. The van der Waals surface area contributed by atoms with E-state index in [1.807, 2.05) is 25.1 Å². The van der Waals surface area contributed by atoms with Crippen molar-refractivity contribution >= 4 is 29.1 Å². The predicted octanol–water partition coefficient (Wildman–Crippen LogP) is 4.68. The standard InChI is InChI=1S/C24H21Cl2N5O2/c1-14-7-18(11-29-30-14)24(32)31-12-19(15(2)33-23-6-3-16(9-27)10-28-23)20(13-31)17-4-5-21(25)22(26)8-17/h3-8,10-11,15,19-20H,12-13H2,1-2H3. The van der Waals surface area contributed by atoms with Crippen molar-refractivity contribution < 1.29 is 9.53 Å². The second kappa shape index (κ2) is 9.74. The Morgan fingerprint density at radius 3 is 2.67 bits per heavy atom. The first-order valence-electron chi connectivity index (χ1n) is 10.4. The molecule has 1 saturated heterocycles. The van der Waals surface area contributed by atoms with Gasteiger partial charge in [0.15, 0.2) is 0 Å². The van der Waals surface area contributed by atoms with Gasteiger partial charge in [0.05, 0.1) is 33.1 Å². The van der Waals surface area contributed by atoms with Crippen molar-refractivity contribution in [1.82, 2.24) is 20.1 Å². The average molecular weight is 482 g/mol. The Bertz CT molecular complexity index is 1210. The summed E-state index contributed by atoms with van der Waals surface area (Å²) in [5.41, 5.74) is 2.62. The van der Waals surface area contributed by atoms with Crippen LogP contribution < -0.4 is 4.74 Å². The molecule has 1 aliphatic heterocycles. The van der Waals surface area contributed by atoms with Crippen molar-refractivity contribution in [1.29, 1.82) is 5.26 Å². The van der Waals surface area contributed by atoms with Crippen LogP contribution >= 0.6 is 23.2 Å². The lowest BCUT2D eigenvalue weighted by Crippen LogP contribution is -2.32. The maximum absolute atomic E-state index is 13.2. The van der Waals surface area contributed by atoms with Crippen molar-refractivity contribution in [3.8, 4) is 11.9 Å². The Balaban J connectivity index is 1.61. The van der Waals surface area contributed by atoms with Gasteiger partial charge in [-0.05, 0) is 43.7 Å². The zero-order valence-electron chi connectivity index (χ0n) is 18.1. The second-order valence-electron chi connectivity index (χ2n) is 8.06. The fourth-order valence-electron chi connectivity index (χ4n) is 4.13. The van der Waals surface area contributed by atoms with Crippen LogP contribution in [0.2, 0.25) is 10.0 Å². The number of likely N-dealkylation sites (tertiary alicyclic amines) is 1. The number of carbonyl (C=O) groups is 1. The first-order chi connectivity index (χ1) is 15.9. The van der Waals surface area contributed by atoms with Gasteiger partial charge in [0, 0.05) is 37.2 Å². The number of aromatic nitrogens is 3. The van der Waals surface area contributed by atoms with E-state index in [2.05, 4.69) is 15.2 Å². The van der Waals surface area contributed by atoms with Gasteiger partial charge in [-0.3, -0.25) is 4.79 Å². The number of nitrogens with zero attached hydrogens (tertiary/aromatic N) is 5. The molecule has 4 rings (SSSR count). The van der Waals surface area contributed by atoms with E-state index in [0.717, 1.165) is 5.56 Å². The Morgan fingerprint density at radius 2 is 2.00 bits per heavy atom. The molecule has 0 aliphatic carbocycles. The third kappa shape index (κ3) is 5.08. The Hall–Kier alpha value is -3.21. The summed E-state index contributed by atoms with van der Waals surface area (Å²) in [6.07, 6.45) is 2.69. The summed E-state index contributed by atoms with van der Waals surface area (Å²) >= 11 is 12.4. The molecule has 0 spiro atoms. The summed E-state index contributed by atoms with van der Waals surface area (Å²) in [6.45, 7) is 4.75. The molecule has 33 heavy (non-hydrogen) atoms. The summed E-state index contributed by atoms with van der Waals surface area (Å²) in [6, 6.07) is 12.7. The third-order valence-electron chi connectivity index (χ3n) is 5.82. The number of rotatable bonds is 5. The average Bonchev–Trinajstić information content (AvgIpc) is 3.26. The smallest absolute Gasteiger partial charge is 0.255 e. The lowest BCUT2D eigenvalue weighted by atomic mass is 9.86. The van der Waals surface area contributed by atoms with Gasteiger partial charge in [0.2, 0.25) is 5.88 Å². The molecule has 0 N–H and O–H groups in total. The van der Waals surface area contributed by atoms with E-state index < -0.39 is 0 Å². The minimum absolute atomic E-state index is 0.0204. The van der Waals surface area contributed by atoms with E-state index >= 15 is 0 Å². The van der Waals surface area contributed by atoms with Crippen LogP contribution in [0, 0.1) is 24.2 Å². The number of benzene rings is 1. The SMILES string of the molecule is Cc1cc(C(=O)N2CC(c3ccc(Cl)c(Cl)c3)C(C(C)Oc3ccc(C#N)cn3)C2)cnn1. The molecule has 3 atom stereocenters. The number of aryl methyl sites for hydroxylation is 1. The number of pyridine rings is 1. The lowest BCUT2D eigenvalue weighted by molar-refractivity contribution is 0.0769. The summed E-state index contributed by atoms with van der Waals surface area (Å²) in [5, 5.41) is 17.8. The van der Waals surface area contributed by atoms with Crippen molar-refractivity contribution in [2.45, 2.75) is 25.9 Å². The van der Waals surface area contributed by atoms with Crippen LogP contribution in [-0.2, 0) is 0 Å². The zero-order chi connectivity index (χ0) is 23.5. The highest BCUT2D eigenvalue weighted by Gasteiger charge is 2.40. The Kier molecular flexibility index (Phi) is 6.77. The van der Waals surface area contributed by atoms with Gasteiger partial charge in [0.1, 0.15) is 12.2 Å². The van der Waals surface area contributed by atoms with Gasteiger partial charge in [-0.1, -0.05) is 29.3 Å². The molecule has 0 saturated carbocycles. The molecule has 3 heterocycles. The van der Waals surface area contributed by atoms with Gasteiger partial charge >= 0.3 is 0 Å². The van der Waals surface area contributed by atoms with Gasteiger partial charge in [-0.15, -0.1) is 0 Å². The number of ether oxygens (including phenoxy) is 1. The van der Waals surface area contributed by atoms with Gasteiger partial charge < -0.3 is 9.64 Å². The maximum atomic E-state index is 13.2. The maximum Gasteiger partial charge on any atom is 0.255 e. The van der Waals surface area contributed by atoms with Crippen molar-refractivity contribution in [2.75, 3.05) is 13.1 Å². The Morgan fingerprint density at radius 1 is 1.18 bits per heavy atom. The number of amides is 1. The van der Waals surface area contributed by atoms with Crippen LogP contribution in [0.25, 0.3) is 0 Å². The third-order valence-corrected chi connectivity index (χ3v) is 6.56. The molecule has 9 heteroatoms. The van der Waals surface area contributed by atoms with Crippen molar-refractivity contribution in [3.05, 3.63) is 81.2 Å². The highest BCUT2D eigenvalue weighted by atomic mass is 35.5. The quantitative estimate of drug-likeness (QED) is 0.525. The highest BCUT2D eigenvalue weighted by molar-refractivity contribution is 6.42. The van der Waals surface area contributed by atoms with Crippen molar-refractivity contribution in [2.24, 2.45) is 5.92 Å². The monoisotopic (exact) mass is 481 g/mol. The van der Waals surface area contributed by atoms with Crippen LogP contribution in [0.1, 0.15) is 40.0 Å². The lowest BCUT2D eigenvalue weighted by Gasteiger charge is -2.25. The molecule has 0 bridgehead atoms. The molecule has 3 aromatic rings. The molecular formula is C24H21Cl2N5O2. The molecule has 1 aliphatic rings. The van der Waals surface area contributed by atoms with E-state index in [-0.39, 0.29) is 23.8 Å². The number of hydrogen-bond donors (Lipinski definition) is 0. The highest BCUT2D eigenvalue weighted by Crippen LogP contribution is 2.38. The number of halogens is 2. The van der Waals surface area contributed by atoms with E-state index in [4.69, 9.17) is 33.2 Å². The first-order valence-corrected chi connectivity index (χ1v) is 11.2. The van der Waals surface area contributed by atoms with Crippen LogP contribution in [0.5, 0.6) is 5.88 Å². The zero-order valence-corrected chi connectivity index (χ0v) is 19.6. The fourth-order valence-corrected chi connectivity index (χ4v) is 4.44. The number of hydrogen-bond acceptors (Lipinski definition) is 6. The Labute approximate surface area is 201 Å². The summed E-state index contributed by atoms with van der Waals surface area (Å²) < 4.78 is 6.12. The molecule has 0 radical (unpaired) electrons. The minimum atomic E-state index is -0.264. The summed E-state index contributed by atoms with van der Waals surface area (Å²) in [5.74, 6) is 0.268. The molecule has 1 fully saturated rings. The molecular weight excluding hydrogens is 461 g/mol. The second-order valence-corrected chi connectivity index (χ2v) is 8.87. The largest absolute Gasteiger partial charge is 0.474 e. The van der Waals surface area contributed by atoms with Crippen LogP contribution in [0.15, 0.2) is 48.8 Å². The molecule has 2 aromatic heterocycles. The van der Waals surface area contributed by atoms with Gasteiger partial charge in [-0.25, -0.2) is 4.98 Å². The summed E-state index contributed by atoms with van der Waals surface area (Å²) in [7, 11) is 0. The van der Waals surface area contributed by atoms with E-state index in [1.54, 1.807) is 36.1 Å². The van der Waals surface area contributed by atoms with E-state index in [0.29, 0.717) is 45.8 Å². The van der Waals surface area contributed by atoms with Gasteiger partial charge in [0.25, 0.3) is 5.91 Å². The first kappa shape index (κ1) is 23.0. The molecule has 1 aromatic carbocycles. The predicted molar refractivity (Wildman–Crippen MR) is 124 cm³/mol. The number of nitriles is 1.